The SMILES string of the molecule is COC(=O)CCCN(C)C(=O)C(F)(F)F. The van der Waals surface area contributed by atoms with Crippen molar-refractivity contribution in [1.82, 2.24) is 4.90 Å². The van der Waals surface area contributed by atoms with Gasteiger partial charge in [-0.2, -0.15) is 13.2 Å². The monoisotopic (exact) mass is 227 g/mol. The van der Waals surface area contributed by atoms with Gasteiger partial charge in [0.15, 0.2) is 0 Å². The normalized spacial score (nSPS) is 11.0. The van der Waals surface area contributed by atoms with E-state index in [9.17, 15) is 22.8 Å². The molecule has 1 amide bonds. The summed E-state index contributed by atoms with van der Waals surface area (Å²) in [6.45, 7) is -0.132. The van der Waals surface area contributed by atoms with Gasteiger partial charge in [-0.05, 0) is 6.42 Å². The van der Waals surface area contributed by atoms with Gasteiger partial charge in [0.2, 0.25) is 0 Å². The summed E-state index contributed by atoms with van der Waals surface area (Å²) in [5, 5.41) is 0. The lowest BCUT2D eigenvalue weighted by Gasteiger charge is -2.17. The topological polar surface area (TPSA) is 46.6 Å². The van der Waals surface area contributed by atoms with E-state index in [4.69, 9.17) is 0 Å². The fraction of sp³-hybridized carbons (Fsp3) is 0.750. The average molecular weight is 227 g/mol. The number of ether oxygens (including phenoxy) is 1. The van der Waals surface area contributed by atoms with E-state index in [0.717, 1.165) is 7.05 Å². The van der Waals surface area contributed by atoms with Crippen LogP contribution < -0.4 is 0 Å². The minimum Gasteiger partial charge on any atom is -0.469 e. The van der Waals surface area contributed by atoms with Gasteiger partial charge in [0.05, 0.1) is 7.11 Å². The Hall–Kier alpha value is -1.27. The fourth-order valence-electron chi connectivity index (χ4n) is 0.881. The van der Waals surface area contributed by atoms with E-state index in [2.05, 4.69) is 4.74 Å². The number of halogens is 3. The third-order valence-electron chi connectivity index (χ3n) is 1.69. The third-order valence-corrected chi connectivity index (χ3v) is 1.69. The molecule has 15 heavy (non-hydrogen) atoms. The number of carbonyl (C=O) groups excluding carboxylic acids is 2. The van der Waals surface area contributed by atoms with Gasteiger partial charge in [-0.3, -0.25) is 9.59 Å². The Morgan fingerprint density at radius 3 is 2.27 bits per heavy atom. The lowest BCUT2D eigenvalue weighted by atomic mass is 10.3. The predicted molar refractivity (Wildman–Crippen MR) is 44.9 cm³/mol. The van der Waals surface area contributed by atoms with Crippen LogP contribution in [-0.4, -0.2) is 43.7 Å². The average Bonchev–Trinajstić information content (AvgIpc) is 2.14. The highest BCUT2D eigenvalue weighted by molar-refractivity contribution is 5.81. The van der Waals surface area contributed by atoms with E-state index in [1.165, 1.54) is 7.11 Å². The van der Waals surface area contributed by atoms with E-state index in [1.54, 1.807) is 0 Å². The minimum absolute atomic E-state index is 0.00796. The van der Waals surface area contributed by atoms with Gasteiger partial charge in [0, 0.05) is 20.0 Å². The number of alkyl halides is 3. The van der Waals surface area contributed by atoms with Crippen LogP contribution in [0.3, 0.4) is 0 Å². The van der Waals surface area contributed by atoms with E-state index in [1.807, 2.05) is 0 Å². The van der Waals surface area contributed by atoms with Gasteiger partial charge in [0.25, 0.3) is 0 Å². The molecule has 0 unspecified atom stereocenters. The van der Waals surface area contributed by atoms with Gasteiger partial charge >= 0.3 is 18.1 Å². The zero-order valence-electron chi connectivity index (χ0n) is 8.43. The molecule has 0 aliphatic carbocycles. The molecule has 0 atom stereocenters. The van der Waals surface area contributed by atoms with Crippen LogP contribution in [0.4, 0.5) is 13.2 Å². The molecular formula is C8H12F3NO3. The van der Waals surface area contributed by atoms with Crippen LogP contribution in [0.2, 0.25) is 0 Å². The van der Waals surface area contributed by atoms with Crippen molar-refractivity contribution in [2.45, 2.75) is 19.0 Å². The van der Waals surface area contributed by atoms with Gasteiger partial charge in [-0.1, -0.05) is 0 Å². The molecule has 0 aromatic carbocycles. The van der Waals surface area contributed by atoms with Crippen LogP contribution in [-0.2, 0) is 14.3 Å². The molecule has 0 saturated carbocycles. The molecule has 0 N–H and O–H groups in total. The largest absolute Gasteiger partial charge is 0.471 e. The minimum atomic E-state index is -4.86. The number of nitrogens with zero attached hydrogens (tertiary/aromatic N) is 1. The number of hydrogen-bond acceptors (Lipinski definition) is 3. The zero-order valence-corrected chi connectivity index (χ0v) is 8.43. The molecule has 0 rings (SSSR count). The van der Waals surface area contributed by atoms with Crippen molar-refractivity contribution in [3.63, 3.8) is 0 Å². The van der Waals surface area contributed by atoms with Crippen LogP contribution in [0, 0.1) is 0 Å². The summed E-state index contributed by atoms with van der Waals surface area (Å²) in [5.41, 5.74) is 0. The maximum absolute atomic E-state index is 11.9. The third kappa shape index (κ3) is 5.24. The molecule has 0 spiro atoms. The first-order valence-corrected chi connectivity index (χ1v) is 4.18. The Morgan fingerprint density at radius 1 is 1.33 bits per heavy atom. The molecule has 88 valence electrons. The predicted octanol–water partition coefficient (Wildman–Crippen LogP) is 0.960. The van der Waals surface area contributed by atoms with Crippen molar-refractivity contribution in [2.75, 3.05) is 20.7 Å². The molecule has 0 aliphatic heterocycles. The number of carbonyl (C=O) groups is 2. The highest BCUT2D eigenvalue weighted by atomic mass is 19.4. The number of esters is 1. The Balaban J connectivity index is 3.90. The van der Waals surface area contributed by atoms with Crippen molar-refractivity contribution in [3.05, 3.63) is 0 Å². The Kier molecular flexibility index (Phi) is 5.10. The second-order valence-corrected chi connectivity index (χ2v) is 2.90. The fourth-order valence-corrected chi connectivity index (χ4v) is 0.881. The second-order valence-electron chi connectivity index (χ2n) is 2.90. The van der Waals surface area contributed by atoms with E-state index >= 15 is 0 Å². The molecule has 7 heteroatoms. The van der Waals surface area contributed by atoms with Crippen molar-refractivity contribution in [1.29, 1.82) is 0 Å². The van der Waals surface area contributed by atoms with Crippen LogP contribution in [0.25, 0.3) is 0 Å². The van der Waals surface area contributed by atoms with Crippen LogP contribution in [0.15, 0.2) is 0 Å². The summed E-state index contributed by atoms with van der Waals surface area (Å²) in [6, 6.07) is 0. The van der Waals surface area contributed by atoms with Gasteiger partial charge in [0.1, 0.15) is 0 Å². The first-order chi connectivity index (χ1) is 6.79. The molecule has 0 radical (unpaired) electrons. The molecule has 0 saturated heterocycles. The van der Waals surface area contributed by atoms with Crippen LogP contribution in [0.1, 0.15) is 12.8 Å². The molecule has 0 fully saturated rings. The Bertz CT molecular complexity index is 240. The van der Waals surface area contributed by atoms with Gasteiger partial charge < -0.3 is 9.64 Å². The Morgan fingerprint density at radius 2 is 1.87 bits per heavy atom. The summed E-state index contributed by atoms with van der Waals surface area (Å²) in [6.07, 6.45) is -4.73. The number of methoxy groups -OCH3 is 1. The van der Waals surface area contributed by atoms with Crippen LogP contribution in [0.5, 0.6) is 0 Å². The zero-order chi connectivity index (χ0) is 12.1. The molecule has 0 aromatic heterocycles. The quantitative estimate of drug-likeness (QED) is 0.672. The smallest absolute Gasteiger partial charge is 0.469 e. The van der Waals surface area contributed by atoms with Crippen molar-refractivity contribution in [2.24, 2.45) is 0 Å². The van der Waals surface area contributed by atoms with Crippen LogP contribution >= 0.6 is 0 Å². The summed E-state index contributed by atoms with van der Waals surface area (Å²) in [4.78, 5) is 21.7. The molecule has 0 aromatic rings. The number of amides is 1. The number of rotatable bonds is 4. The van der Waals surface area contributed by atoms with Gasteiger partial charge in [-0.15, -0.1) is 0 Å². The highest BCUT2D eigenvalue weighted by Gasteiger charge is 2.40. The second kappa shape index (κ2) is 5.57. The van der Waals surface area contributed by atoms with Gasteiger partial charge in [-0.25, -0.2) is 0 Å². The first kappa shape index (κ1) is 13.7. The Labute approximate surface area is 85.0 Å². The maximum atomic E-state index is 11.9. The lowest BCUT2D eigenvalue weighted by molar-refractivity contribution is -0.184. The van der Waals surface area contributed by atoms with E-state index < -0.39 is 18.1 Å². The van der Waals surface area contributed by atoms with E-state index in [0.29, 0.717) is 4.90 Å². The highest BCUT2D eigenvalue weighted by Crippen LogP contribution is 2.17. The summed E-state index contributed by atoms with van der Waals surface area (Å²) in [7, 11) is 2.22. The molecular weight excluding hydrogens is 215 g/mol. The summed E-state index contributed by atoms with van der Waals surface area (Å²) in [5.74, 6) is -2.42. The maximum Gasteiger partial charge on any atom is 0.471 e. The standard InChI is InChI=1S/C8H12F3NO3/c1-12(7(14)8(9,10)11)5-3-4-6(13)15-2/h3-5H2,1-2H3. The molecule has 4 nitrogen and oxygen atoms in total. The molecule has 0 aliphatic rings. The summed E-state index contributed by atoms with van der Waals surface area (Å²) < 4.78 is 39.9. The van der Waals surface area contributed by atoms with Crippen molar-refractivity contribution >= 4 is 11.9 Å². The summed E-state index contributed by atoms with van der Waals surface area (Å²) >= 11 is 0. The van der Waals surface area contributed by atoms with Crippen molar-refractivity contribution in [3.8, 4) is 0 Å². The van der Waals surface area contributed by atoms with E-state index in [-0.39, 0.29) is 19.4 Å². The lowest BCUT2D eigenvalue weighted by Crippen LogP contribution is -2.39. The number of hydrogen-bond donors (Lipinski definition) is 0. The molecule has 0 heterocycles. The molecule has 0 bridgehead atoms. The first-order valence-electron chi connectivity index (χ1n) is 4.18. The van der Waals surface area contributed by atoms with Crippen molar-refractivity contribution < 1.29 is 27.5 Å².